The van der Waals surface area contributed by atoms with Crippen molar-refractivity contribution in [2.24, 2.45) is 5.92 Å². The van der Waals surface area contributed by atoms with Crippen LogP contribution in [0.3, 0.4) is 0 Å². The van der Waals surface area contributed by atoms with Gasteiger partial charge in [0.15, 0.2) is 0 Å². The maximum atomic E-state index is 9.31. The molecule has 1 rings (SSSR count). The Labute approximate surface area is 103 Å². The van der Waals surface area contributed by atoms with Crippen LogP contribution in [0.5, 0.6) is 0 Å². The van der Waals surface area contributed by atoms with Crippen molar-refractivity contribution in [1.82, 2.24) is 0 Å². The zero-order valence-electron chi connectivity index (χ0n) is 10.4. The monoisotopic (exact) mass is 238 g/mol. The van der Waals surface area contributed by atoms with Crippen molar-refractivity contribution < 1.29 is 5.11 Å². The van der Waals surface area contributed by atoms with Crippen molar-refractivity contribution >= 4 is 11.8 Å². The van der Waals surface area contributed by atoms with Gasteiger partial charge in [0.25, 0.3) is 0 Å². The first-order chi connectivity index (χ1) is 7.67. The number of aliphatic hydroxyl groups is 1. The molecule has 1 aromatic carbocycles. The van der Waals surface area contributed by atoms with Crippen molar-refractivity contribution in [3.63, 3.8) is 0 Å². The largest absolute Gasteiger partial charge is 0.396 e. The normalized spacial score (nSPS) is 13.1. The molecule has 0 aromatic heterocycles. The van der Waals surface area contributed by atoms with Crippen LogP contribution in [0.25, 0.3) is 0 Å². The molecule has 0 saturated carbocycles. The molecule has 0 aliphatic heterocycles. The lowest BCUT2D eigenvalue weighted by Gasteiger charge is -2.14. The van der Waals surface area contributed by atoms with Crippen LogP contribution in [0.4, 0.5) is 0 Å². The fraction of sp³-hybridized carbons (Fsp3) is 0.571. The van der Waals surface area contributed by atoms with Gasteiger partial charge >= 0.3 is 0 Å². The summed E-state index contributed by atoms with van der Waals surface area (Å²) in [7, 11) is 0. The molecule has 90 valence electrons. The number of benzene rings is 1. The van der Waals surface area contributed by atoms with Gasteiger partial charge < -0.3 is 5.11 Å². The number of aliphatic hydroxyl groups excluding tert-OH is 1. The maximum absolute atomic E-state index is 9.31. The van der Waals surface area contributed by atoms with Crippen molar-refractivity contribution in [1.29, 1.82) is 0 Å². The van der Waals surface area contributed by atoms with Gasteiger partial charge in [-0.25, -0.2) is 0 Å². The summed E-state index contributed by atoms with van der Waals surface area (Å²) >= 11 is 1.78. The highest BCUT2D eigenvalue weighted by molar-refractivity contribution is 7.98. The Hall–Kier alpha value is -0.470. The summed E-state index contributed by atoms with van der Waals surface area (Å²) in [4.78, 5) is 0. The van der Waals surface area contributed by atoms with Gasteiger partial charge in [-0.3, -0.25) is 0 Å². The third kappa shape index (κ3) is 4.18. The molecular weight excluding hydrogens is 216 g/mol. The molecule has 0 aliphatic rings. The zero-order chi connectivity index (χ0) is 12.0. The fourth-order valence-corrected chi connectivity index (χ4v) is 2.55. The average molecular weight is 238 g/mol. The lowest BCUT2D eigenvalue weighted by atomic mass is 9.97. The molecular formula is C14H22OS. The third-order valence-corrected chi connectivity index (χ3v) is 3.42. The summed E-state index contributed by atoms with van der Waals surface area (Å²) in [6.07, 6.45) is 3.21. The van der Waals surface area contributed by atoms with Crippen LogP contribution in [0, 0.1) is 5.92 Å². The maximum Gasteiger partial charge on any atom is 0.0507 e. The Morgan fingerprint density at radius 3 is 2.25 bits per heavy atom. The lowest BCUT2D eigenvalue weighted by molar-refractivity contribution is 0.275. The first kappa shape index (κ1) is 13.6. The third-order valence-electron chi connectivity index (χ3n) is 2.68. The van der Waals surface area contributed by atoms with E-state index in [4.69, 9.17) is 0 Å². The Morgan fingerprint density at radius 1 is 1.19 bits per heavy atom. The summed E-state index contributed by atoms with van der Waals surface area (Å²) in [5, 5.41) is 9.31. The van der Waals surface area contributed by atoms with Gasteiger partial charge in [-0.05, 0) is 29.7 Å². The van der Waals surface area contributed by atoms with Crippen LogP contribution in [-0.4, -0.2) is 23.7 Å². The van der Waals surface area contributed by atoms with Crippen LogP contribution >= 0.6 is 11.8 Å². The van der Waals surface area contributed by atoms with E-state index in [9.17, 15) is 5.11 Å². The quantitative estimate of drug-likeness (QED) is 0.820. The van der Waals surface area contributed by atoms with Crippen molar-refractivity contribution in [3.05, 3.63) is 35.4 Å². The van der Waals surface area contributed by atoms with E-state index in [2.05, 4.69) is 44.4 Å². The molecule has 0 bridgehead atoms. The van der Waals surface area contributed by atoms with E-state index in [0.29, 0.717) is 5.92 Å². The molecule has 1 atom stereocenters. The lowest BCUT2D eigenvalue weighted by Crippen LogP contribution is -2.07. The molecule has 0 unspecified atom stereocenters. The predicted octanol–water partition coefficient (Wildman–Crippen LogP) is 3.32. The highest BCUT2D eigenvalue weighted by atomic mass is 32.2. The van der Waals surface area contributed by atoms with Crippen molar-refractivity contribution in [2.75, 3.05) is 18.6 Å². The molecule has 0 fully saturated rings. The molecule has 0 spiro atoms. The summed E-state index contributed by atoms with van der Waals surface area (Å²) < 4.78 is 0. The first-order valence-electron chi connectivity index (χ1n) is 5.86. The molecule has 1 nitrogen and oxygen atoms in total. The van der Waals surface area contributed by atoms with Crippen molar-refractivity contribution in [2.45, 2.75) is 26.2 Å². The summed E-state index contributed by atoms with van der Waals surface area (Å²) in [5.74, 6) is 1.97. The zero-order valence-corrected chi connectivity index (χ0v) is 11.3. The summed E-state index contributed by atoms with van der Waals surface area (Å²) in [5.41, 5.74) is 2.64. The van der Waals surface area contributed by atoms with Crippen LogP contribution < -0.4 is 0 Å². The molecule has 2 heteroatoms. The Balaban J connectivity index is 2.69. The van der Waals surface area contributed by atoms with Crippen molar-refractivity contribution in [3.8, 4) is 0 Å². The Morgan fingerprint density at radius 2 is 1.81 bits per heavy atom. The standard InChI is InChI=1S/C14H22OS/c1-11(2)8-12-4-6-13(7-5-12)14(9-15)10-16-3/h4-7,11,14-15H,8-10H2,1-3H3/t14-/m0/s1. The van der Waals surface area contributed by atoms with Crippen LogP contribution in [0.15, 0.2) is 24.3 Å². The Kier molecular flexibility index (Phi) is 5.93. The smallest absolute Gasteiger partial charge is 0.0507 e. The van der Waals surface area contributed by atoms with E-state index in [0.717, 1.165) is 12.2 Å². The minimum Gasteiger partial charge on any atom is -0.396 e. The van der Waals surface area contributed by atoms with Gasteiger partial charge in [-0.1, -0.05) is 38.1 Å². The predicted molar refractivity (Wildman–Crippen MR) is 73.2 cm³/mol. The number of hydrogen-bond acceptors (Lipinski definition) is 2. The molecule has 0 aliphatic carbocycles. The molecule has 0 saturated heterocycles. The molecule has 0 heterocycles. The van der Waals surface area contributed by atoms with Gasteiger partial charge in [0, 0.05) is 11.7 Å². The van der Waals surface area contributed by atoms with E-state index >= 15 is 0 Å². The molecule has 0 amide bonds. The van der Waals surface area contributed by atoms with E-state index < -0.39 is 0 Å². The number of hydrogen-bond donors (Lipinski definition) is 1. The summed E-state index contributed by atoms with van der Waals surface area (Å²) in [6.45, 7) is 4.71. The van der Waals surface area contributed by atoms with Gasteiger partial charge in [0.05, 0.1) is 6.61 Å². The fourth-order valence-electron chi connectivity index (χ4n) is 1.85. The molecule has 0 radical (unpaired) electrons. The topological polar surface area (TPSA) is 20.2 Å². The second-order valence-corrected chi connectivity index (χ2v) is 5.59. The molecule has 1 aromatic rings. The minimum atomic E-state index is 0.240. The SMILES string of the molecule is CSC[C@H](CO)c1ccc(CC(C)C)cc1. The van der Waals surface area contributed by atoms with Gasteiger partial charge in [0.2, 0.25) is 0 Å². The average Bonchev–Trinajstić information content (AvgIpc) is 2.26. The molecule has 1 N–H and O–H groups in total. The van der Waals surface area contributed by atoms with Gasteiger partial charge in [-0.2, -0.15) is 11.8 Å². The van der Waals surface area contributed by atoms with Gasteiger partial charge in [-0.15, -0.1) is 0 Å². The summed E-state index contributed by atoms with van der Waals surface area (Å²) in [6, 6.07) is 8.71. The highest BCUT2D eigenvalue weighted by Crippen LogP contribution is 2.20. The Bertz CT molecular complexity index is 292. The van der Waals surface area contributed by atoms with E-state index in [1.807, 2.05) is 0 Å². The van der Waals surface area contributed by atoms with Gasteiger partial charge in [0.1, 0.15) is 0 Å². The number of thioether (sulfide) groups is 1. The van der Waals surface area contributed by atoms with E-state index in [1.165, 1.54) is 11.1 Å². The number of rotatable bonds is 6. The highest BCUT2D eigenvalue weighted by Gasteiger charge is 2.09. The minimum absolute atomic E-state index is 0.240. The van der Waals surface area contributed by atoms with Crippen LogP contribution in [0.1, 0.15) is 30.9 Å². The van der Waals surface area contributed by atoms with Crippen LogP contribution in [-0.2, 0) is 6.42 Å². The van der Waals surface area contributed by atoms with Crippen LogP contribution in [0.2, 0.25) is 0 Å². The first-order valence-corrected chi connectivity index (χ1v) is 7.25. The van der Waals surface area contributed by atoms with E-state index in [1.54, 1.807) is 11.8 Å². The van der Waals surface area contributed by atoms with E-state index in [-0.39, 0.29) is 12.5 Å². The molecule has 16 heavy (non-hydrogen) atoms. The second kappa shape index (κ2) is 6.97. The second-order valence-electron chi connectivity index (χ2n) is 4.67.